The quantitative estimate of drug-likeness (QED) is 0.559. The fourth-order valence-electron chi connectivity index (χ4n) is 1.20. The Hall–Kier alpha value is -0.0800. The van der Waals surface area contributed by atoms with Crippen molar-refractivity contribution in [2.75, 3.05) is 0 Å². The van der Waals surface area contributed by atoms with Crippen LogP contribution in [0.25, 0.3) is 0 Å². The van der Waals surface area contributed by atoms with Gasteiger partial charge in [-0.2, -0.15) is 5.48 Å². The van der Waals surface area contributed by atoms with Crippen LogP contribution in [0.15, 0.2) is 0 Å². The summed E-state index contributed by atoms with van der Waals surface area (Å²) in [6.45, 7) is 6.40. The Morgan fingerprint density at radius 1 is 1.50 bits per heavy atom. The monoisotopic (exact) mass is 143 g/mol. The van der Waals surface area contributed by atoms with Gasteiger partial charge in [-0.1, -0.05) is 0 Å². The highest BCUT2D eigenvalue weighted by Crippen LogP contribution is 2.20. The largest absolute Gasteiger partial charge is 0.296 e. The summed E-state index contributed by atoms with van der Waals surface area (Å²) >= 11 is 0. The topological polar surface area (TPSA) is 21.3 Å². The van der Waals surface area contributed by atoms with Gasteiger partial charge in [0, 0.05) is 6.04 Å². The lowest BCUT2D eigenvalue weighted by molar-refractivity contribution is -0.0884. The lowest BCUT2D eigenvalue weighted by atomic mass is 10.0. The molecule has 1 saturated heterocycles. The van der Waals surface area contributed by atoms with E-state index >= 15 is 0 Å². The van der Waals surface area contributed by atoms with Gasteiger partial charge in [0.1, 0.15) is 0 Å². The first-order valence-electron chi connectivity index (χ1n) is 4.04. The highest BCUT2D eigenvalue weighted by Gasteiger charge is 2.22. The smallest absolute Gasteiger partial charge is 0.0841 e. The molecule has 1 heterocycles. The molecule has 0 saturated carbocycles. The maximum atomic E-state index is 5.45. The third-order valence-corrected chi connectivity index (χ3v) is 1.95. The number of hydrogen-bond acceptors (Lipinski definition) is 2. The first kappa shape index (κ1) is 8.02. The molecular weight excluding hydrogens is 126 g/mol. The Labute approximate surface area is 62.9 Å². The van der Waals surface area contributed by atoms with E-state index in [-0.39, 0.29) is 5.60 Å². The molecule has 0 aromatic rings. The summed E-state index contributed by atoms with van der Waals surface area (Å²) in [5, 5.41) is 0. The van der Waals surface area contributed by atoms with E-state index in [1.165, 1.54) is 12.8 Å². The predicted octanol–water partition coefficient (Wildman–Crippen LogP) is 1.86. The molecule has 0 aromatic carbocycles. The van der Waals surface area contributed by atoms with Crippen molar-refractivity contribution in [3.8, 4) is 0 Å². The average molecular weight is 143 g/mol. The van der Waals surface area contributed by atoms with Crippen molar-refractivity contribution in [2.45, 2.75) is 51.7 Å². The zero-order chi connectivity index (χ0) is 7.61. The Balaban J connectivity index is 2.41. The van der Waals surface area contributed by atoms with Crippen molar-refractivity contribution >= 4 is 0 Å². The number of hydrogen-bond donors (Lipinski definition) is 1. The minimum atomic E-state index is 0.0325. The van der Waals surface area contributed by atoms with E-state index in [1.807, 2.05) is 0 Å². The molecule has 1 N–H and O–H groups in total. The minimum absolute atomic E-state index is 0.0325. The summed E-state index contributed by atoms with van der Waals surface area (Å²) in [5.41, 5.74) is 3.07. The van der Waals surface area contributed by atoms with E-state index in [9.17, 15) is 0 Å². The first-order valence-corrected chi connectivity index (χ1v) is 4.04. The van der Waals surface area contributed by atoms with E-state index in [1.54, 1.807) is 0 Å². The predicted molar refractivity (Wildman–Crippen MR) is 41.6 cm³/mol. The van der Waals surface area contributed by atoms with Crippen LogP contribution in [0.1, 0.15) is 40.0 Å². The van der Waals surface area contributed by atoms with Crippen LogP contribution in [0.3, 0.4) is 0 Å². The van der Waals surface area contributed by atoms with E-state index in [2.05, 4.69) is 26.3 Å². The fourth-order valence-corrected chi connectivity index (χ4v) is 1.20. The van der Waals surface area contributed by atoms with E-state index < -0.39 is 0 Å². The van der Waals surface area contributed by atoms with Crippen LogP contribution < -0.4 is 5.48 Å². The van der Waals surface area contributed by atoms with Crippen LogP contribution in [0.5, 0.6) is 0 Å². The molecule has 0 spiro atoms. The van der Waals surface area contributed by atoms with Gasteiger partial charge < -0.3 is 0 Å². The second-order valence-corrected chi connectivity index (χ2v) is 3.77. The van der Waals surface area contributed by atoms with Crippen LogP contribution in [-0.2, 0) is 4.84 Å². The summed E-state index contributed by atoms with van der Waals surface area (Å²) in [6, 6.07) is 0.516. The van der Waals surface area contributed by atoms with Crippen molar-refractivity contribution in [1.29, 1.82) is 0 Å². The molecule has 1 aliphatic rings. The third-order valence-electron chi connectivity index (χ3n) is 1.95. The fraction of sp³-hybridized carbons (Fsp3) is 1.00. The molecule has 0 amide bonds. The van der Waals surface area contributed by atoms with Crippen LogP contribution in [0.4, 0.5) is 0 Å². The van der Waals surface area contributed by atoms with Gasteiger partial charge >= 0.3 is 0 Å². The molecule has 10 heavy (non-hydrogen) atoms. The molecule has 2 heteroatoms. The Morgan fingerprint density at radius 3 is 2.90 bits per heavy atom. The maximum Gasteiger partial charge on any atom is 0.0841 e. The van der Waals surface area contributed by atoms with Crippen molar-refractivity contribution in [3.05, 3.63) is 0 Å². The number of rotatable bonds is 0. The van der Waals surface area contributed by atoms with Gasteiger partial charge in [-0.3, -0.25) is 4.84 Å². The molecule has 0 radical (unpaired) electrons. The van der Waals surface area contributed by atoms with E-state index in [4.69, 9.17) is 4.84 Å². The van der Waals surface area contributed by atoms with E-state index in [0.717, 1.165) is 6.42 Å². The highest BCUT2D eigenvalue weighted by molar-refractivity contribution is 4.72. The summed E-state index contributed by atoms with van der Waals surface area (Å²) in [4.78, 5) is 5.45. The Morgan fingerprint density at radius 2 is 2.20 bits per heavy atom. The zero-order valence-corrected chi connectivity index (χ0v) is 7.11. The second-order valence-electron chi connectivity index (χ2n) is 3.77. The minimum Gasteiger partial charge on any atom is -0.296 e. The summed E-state index contributed by atoms with van der Waals surface area (Å²) in [5.74, 6) is 0. The molecule has 0 aromatic heterocycles. The average Bonchev–Trinajstić information content (AvgIpc) is 1.94. The molecular formula is C8H17NO. The van der Waals surface area contributed by atoms with Gasteiger partial charge in [0.2, 0.25) is 0 Å². The zero-order valence-electron chi connectivity index (χ0n) is 7.11. The van der Waals surface area contributed by atoms with Gasteiger partial charge in [-0.25, -0.2) is 0 Å². The molecule has 1 rings (SSSR count). The number of hydroxylamine groups is 1. The molecule has 1 unspecified atom stereocenters. The maximum absolute atomic E-state index is 5.45. The lowest BCUT2D eigenvalue weighted by Gasteiger charge is -2.22. The van der Waals surface area contributed by atoms with Crippen LogP contribution in [-0.4, -0.2) is 11.6 Å². The van der Waals surface area contributed by atoms with Gasteiger partial charge in [-0.05, 0) is 40.0 Å². The third kappa shape index (κ3) is 2.27. The van der Waals surface area contributed by atoms with Gasteiger partial charge in [-0.15, -0.1) is 0 Å². The van der Waals surface area contributed by atoms with Gasteiger partial charge in [0.25, 0.3) is 0 Å². The van der Waals surface area contributed by atoms with E-state index in [0.29, 0.717) is 6.04 Å². The summed E-state index contributed by atoms with van der Waals surface area (Å²) in [6.07, 6.45) is 3.65. The lowest BCUT2D eigenvalue weighted by Crippen LogP contribution is -2.33. The molecule has 1 fully saturated rings. The van der Waals surface area contributed by atoms with Crippen LogP contribution in [0, 0.1) is 0 Å². The molecule has 0 bridgehead atoms. The van der Waals surface area contributed by atoms with Crippen molar-refractivity contribution in [3.63, 3.8) is 0 Å². The molecule has 1 atom stereocenters. The summed E-state index contributed by atoms with van der Waals surface area (Å²) in [7, 11) is 0. The molecule has 2 nitrogen and oxygen atoms in total. The Kier molecular flexibility index (Phi) is 2.32. The van der Waals surface area contributed by atoms with Crippen molar-refractivity contribution in [2.24, 2.45) is 0 Å². The highest BCUT2D eigenvalue weighted by atomic mass is 16.7. The van der Waals surface area contributed by atoms with Crippen molar-refractivity contribution in [1.82, 2.24) is 5.48 Å². The van der Waals surface area contributed by atoms with Crippen LogP contribution >= 0.6 is 0 Å². The van der Waals surface area contributed by atoms with Gasteiger partial charge in [0.15, 0.2) is 0 Å². The standard InChI is InChI=1S/C8H17NO/c1-7-5-4-6-8(2,3)10-9-7/h7,9H,4-6H2,1-3H3. The van der Waals surface area contributed by atoms with Crippen LogP contribution in [0.2, 0.25) is 0 Å². The van der Waals surface area contributed by atoms with Gasteiger partial charge in [0.05, 0.1) is 5.60 Å². The summed E-state index contributed by atoms with van der Waals surface area (Å²) < 4.78 is 0. The first-order chi connectivity index (χ1) is 4.60. The SMILES string of the molecule is CC1CCCC(C)(C)ON1. The normalized spacial score (nSPS) is 33.3. The number of nitrogens with one attached hydrogen (secondary N) is 1. The van der Waals surface area contributed by atoms with Crippen molar-refractivity contribution < 1.29 is 4.84 Å². The molecule has 1 aliphatic heterocycles. The second kappa shape index (κ2) is 2.89. The molecule has 0 aliphatic carbocycles. The molecule has 60 valence electrons. The Bertz CT molecular complexity index is 112.